The monoisotopic (exact) mass is 302 g/mol. The normalized spacial score (nSPS) is 15.7. The first-order chi connectivity index (χ1) is 10.6. The van der Waals surface area contributed by atoms with Crippen LogP contribution in [-0.4, -0.2) is 38.6 Å². The summed E-state index contributed by atoms with van der Waals surface area (Å²) < 4.78 is 1.55. The van der Waals surface area contributed by atoms with Crippen molar-refractivity contribution in [2.24, 2.45) is 0 Å². The van der Waals surface area contributed by atoms with E-state index in [1.54, 1.807) is 16.9 Å². The van der Waals surface area contributed by atoms with Crippen LogP contribution in [0.1, 0.15) is 25.7 Å². The van der Waals surface area contributed by atoms with Crippen LogP contribution in [0.3, 0.4) is 0 Å². The average molecular weight is 302 g/mol. The summed E-state index contributed by atoms with van der Waals surface area (Å²) in [5.41, 5.74) is 0.633. The second-order valence-corrected chi connectivity index (χ2v) is 5.60. The second kappa shape index (κ2) is 6.13. The number of amides is 1. The van der Waals surface area contributed by atoms with Gasteiger partial charge >= 0.3 is 0 Å². The van der Waals surface area contributed by atoms with Gasteiger partial charge in [0.05, 0.1) is 16.6 Å². The number of hydrogen-bond donors (Lipinski definition) is 0. The zero-order chi connectivity index (χ0) is 15.5. The van der Waals surface area contributed by atoms with E-state index in [0.717, 1.165) is 31.3 Å². The van der Waals surface area contributed by atoms with Crippen molar-refractivity contribution >= 4 is 22.5 Å². The molecule has 3 rings (SSSR count). The van der Waals surface area contributed by atoms with Crippen molar-refractivity contribution < 1.29 is 9.72 Å². The number of rotatable bonds is 3. The molecule has 0 radical (unpaired) electrons. The fraction of sp³-hybridized carbons (Fsp3) is 0.467. The van der Waals surface area contributed by atoms with Crippen molar-refractivity contribution in [1.82, 2.24) is 14.7 Å². The predicted octanol–water partition coefficient (Wildman–Crippen LogP) is 2.35. The van der Waals surface area contributed by atoms with E-state index in [4.69, 9.17) is 0 Å². The van der Waals surface area contributed by atoms with Gasteiger partial charge in [0.2, 0.25) is 5.91 Å². The lowest BCUT2D eigenvalue weighted by molar-refractivity contribution is -0.384. The number of fused-ring (bicyclic) bond motifs is 1. The van der Waals surface area contributed by atoms with Gasteiger partial charge in [-0.05, 0) is 18.9 Å². The van der Waals surface area contributed by atoms with Crippen molar-refractivity contribution in [1.29, 1.82) is 0 Å². The standard InChI is InChI=1S/C15H18N4O3/c20-15(17-7-3-1-2-4-8-17)11-18-14-9-13(19(21)22)6-5-12(14)10-16-18/h5-6,9-10H,1-4,7-8,11H2. The van der Waals surface area contributed by atoms with Gasteiger partial charge in [0, 0.05) is 30.6 Å². The lowest BCUT2D eigenvalue weighted by Gasteiger charge is -2.20. The number of nitrogens with zero attached hydrogens (tertiary/aromatic N) is 4. The van der Waals surface area contributed by atoms with Gasteiger partial charge in [-0.15, -0.1) is 0 Å². The molecule has 7 nitrogen and oxygen atoms in total. The molecule has 1 aromatic heterocycles. The molecule has 2 heterocycles. The van der Waals surface area contributed by atoms with Crippen molar-refractivity contribution in [2.75, 3.05) is 13.1 Å². The van der Waals surface area contributed by atoms with Crippen molar-refractivity contribution in [3.05, 3.63) is 34.5 Å². The molecule has 116 valence electrons. The van der Waals surface area contributed by atoms with Gasteiger partial charge in [-0.2, -0.15) is 5.10 Å². The fourth-order valence-corrected chi connectivity index (χ4v) is 2.85. The summed E-state index contributed by atoms with van der Waals surface area (Å²) in [6.07, 6.45) is 6.05. The smallest absolute Gasteiger partial charge is 0.271 e. The zero-order valence-corrected chi connectivity index (χ0v) is 12.3. The van der Waals surface area contributed by atoms with E-state index in [-0.39, 0.29) is 18.1 Å². The number of likely N-dealkylation sites (tertiary alicyclic amines) is 1. The van der Waals surface area contributed by atoms with E-state index in [1.807, 2.05) is 4.90 Å². The number of carbonyl (C=O) groups is 1. The number of aromatic nitrogens is 2. The molecule has 0 N–H and O–H groups in total. The Kier molecular flexibility index (Phi) is 4.04. The zero-order valence-electron chi connectivity index (χ0n) is 12.3. The highest BCUT2D eigenvalue weighted by atomic mass is 16.6. The van der Waals surface area contributed by atoms with E-state index in [9.17, 15) is 14.9 Å². The van der Waals surface area contributed by atoms with Gasteiger partial charge in [0.1, 0.15) is 6.54 Å². The molecule has 1 aliphatic rings. The van der Waals surface area contributed by atoms with E-state index in [0.29, 0.717) is 5.52 Å². The SMILES string of the molecule is O=C(Cn1ncc2ccc([N+](=O)[O-])cc21)N1CCCCCC1. The third-order valence-corrected chi connectivity index (χ3v) is 4.08. The molecule has 1 aromatic carbocycles. The van der Waals surface area contributed by atoms with Gasteiger partial charge < -0.3 is 4.90 Å². The highest BCUT2D eigenvalue weighted by Crippen LogP contribution is 2.21. The Morgan fingerprint density at radius 1 is 1.23 bits per heavy atom. The van der Waals surface area contributed by atoms with Gasteiger partial charge in [0.15, 0.2) is 0 Å². The van der Waals surface area contributed by atoms with Crippen molar-refractivity contribution in [3.8, 4) is 0 Å². The molecule has 1 fully saturated rings. The lowest BCUT2D eigenvalue weighted by atomic mass is 10.2. The highest BCUT2D eigenvalue weighted by Gasteiger charge is 2.18. The van der Waals surface area contributed by atoms with Crippen LogP contribution in [0.2, 0.25) is 0 Å². The Bertz CT molecular complexity index is 702. The summed E-state index contributed by atoms with van der Waals surface area (Å²) in [6, 6.07) is 4.58. The summed E-state index contributed by atoms with van der Waals surface area (Å²) in [5, 5.41) is 15.9. The fourth-order valence-electron chi connectivity index (χ4n) is 2.85. The lowest BCUT2D eigenvalue weighted by Crippen LogP contribution is -2.34. The summed E-state index contributed by atoms with van der Waals surface area (Å²) >= 11 is 0. The molecule has 2 aromatic rings. The maximum atomic E-state index is 12.4. The van der Waals surface area contributed by atoms with E-state index in [1.165, 1.54) is 25.0 Å². The van der Waals surface area contributed by atoms with Gasteiger partial charge in [-0.3, -0.25) is 19.6 Å². The molecule has 0 bridgehead atoms. The molecule has 7 heteroatoms. The van der Waals surface area contributed by atoms with Gasteiger partial charge in [-0.25, -0.2) is 0 Å². The van der Waals surface area contributed by atoms with E-state index < -0.39 is 4.92 Å². The van der Waals surface area contributed by atoms with Crippen LogP contribution in [0, 0.1) is 10.1 Å². The molecule has 0 spiro atoms. The number of non-ortho nitro benzene ring substituents is 1. The van der Waals surface area contributed by atoms with Crippen LogP contribution < -0.4 is 0 Å². The molecular formula is C15H18N4O3. The Balaban J connectivity index is 1.82. The van der Waals surface area contributed by atoms with Gasteiger partial charge in [0.25, 0.3) is 5.69 Å². The minimum absolute atomic E-state index is 0.0106. The van der Waals surface area contributed by atoms with Gasteiger partial charge in [-0.1, -0.05) is 12.8 Å². The molecule has 0 unspecified atom stereocenters. The topological polar surface area (TPSA) is 81.3 Å². The van der Waals surface area contributed by atoms with E-state index in [2.05, 4.69) is 5.10 Å². The summed E-state index contributed by atoms with van der Waals surface area (Å²) in [6.45, 7) is 1.71. The Hall–Kier alpha value is -2.44. The quantitative estimate of drug-likeness (QED) is 0.643. The summed E-state index contributed by atoms with van der Waals surface area (Å²) in [4.78, 5) is 24.7. The first-order valence-electron chi connectivity index (χ1n) is 7.53. The maximum absolute atomic E-state index is 12.4. The first-order valence-corrected chi connectivity index (χ1v) is 7.53. The molecule has 0 saturated carbocycles. The van der Waals surface area contributed by atoms with Crippen LogP contribution >= 0.6 is 0 Å². The van der Waals surface area contributed by atoms with E-state index >= 15 is 0 Å². The molecule has 0 atom stereocenters. The number of nitro groups is 1. The number of benzene rings is 1. The number of carbonyl (C=O) groups excluding carboxylic acids is 1. The molecule has 22 heavy (non-hydrogen) atoms. The van der Waals surface area contributed by atoms with Crippen LogP contribution in [0.5, 0.6) is 0 Å². The highest BCUT2D eigenvalue weighted by molar-refractivity contribution is 5.83. The number of nitro benzene ring substituents is 1. The first kappa shape index (κ1) is 14.5. The predicted molar refractivity (Wildman–Crippen MR) is 81.4 cm³/mol. The van der Waals surface area contributed by atoms with Crippen LogP contribution in [0.15, 0.2) is 24.4 Å². The molecule has 1 amide bonds. The molecule has 1 saturated heterocycles. The van der Waals surface area contributed by atoms with Crippen molar-refractivity contribution in [3.63, 3.8) is 0 Å². The largest absolute Gasteiger partial charge is 0.341 e. The summed E-state index contributed by atoms with van der Waals surface area (Å²) in [7, 11) is 0. The van der Waals surface area contributed by atoms with Crippen LogP contribution in [-0.2, 0) is 11.3 Å². The molecule has 0 aliphatic carbocycles. The third kappa shape index (κ3) is 2.93. The molecular weight excluding hydrogens is 284 g/mol. The molecule has 1 aliphatic heterocycles. The Morgan fingerprint density at radius 3 is 2.64 bits per heavy atom. The number of hydrogen-bond acceptors (Lipinski definition) is 4. The minimum atomic E-state index is -0.437. The van der Waals surface area contributed by atoms with Crippen LogP contribution in [0.25, 0.3) is 10.9 Å². The Labute approximate surface area is 127 Å². The third-order valence-electron chi connectivity index (χ3n) is 4.08. The van der Waals surface area contributed by atoms with Crippen LogP contribution in [0.4, 0.5) is 5.69 Å². The Morgan fingerprint density at radius 2 is 1.95 bits per heavy atom. The maximum Gasteiger partial charge on any atom is 0.271 e. The van der Waals surface area contributed by atoms with Crippen molar-refractivity contribution in [2.45, 2.75) is 32.2 Å². The summed E-state index contributed by atoms with van der Waals surface area (Å²) in [5.74, 6) is 0.0263. The average Bonchev–Trinajstić information content (AvgIpc) is 2.73. The minimum Gasteiger partial charge on any atom is -0.341 e. The second-order valence-electron chi connectivity index (χ2n) is 5.60.